The third-order valence-corrected chi connectivity index (χ3v) is 3.28. The molecule has 1 heterocycles. The van der Waals surface area contributed by atoms with Gasteiger partial charge in [-0.3, -0.25) is 0 Å². The van der Waals surface area contributed by atoms with Crippen LogP contribution in [0.1, 0.15) is 17.2 Å². The molecule has 0 unspecified atom stereocenters. The maximum absolute atomic E-state index is 10.2. The van der Waals surface area contributed by atoms with E-state index in [9.17, 15) is 5.11 Å². The molecule has 1 aromatic carbocycles. The van der Waals surface area contributed by atoms with Gasteiger partial charge in [0.2, 0.25) is 0 Å². The van der Waals surface area contributed by atoms with Crippen LogP contribution in [0.3, 0.4) is 0 Å². The van der Waals surface area contributed by atoms with Gasteiger partial charge in [-0.1, -0.05) is 6.07 Å². The standard InChI is InChI=1S/C13H14O3S/c1-15-11-4-3-9(7-12(11)16-2)13(14)10-5-6-17-8-10/h3-8,13-14H,1-2H3/t13-/m0/s1. The highest BCUT2D eigenvalue weighted by atomic mass is 32.1. The van der Waals surface area contributed by atoms with Crippen LogP contribution < -0.4 is 9.47 Å². The summed E-state index contributed by atoms with van der Waals surface area (Å²) in [5.74, 6) is 1.29. The maximum Gasteiger partial charge on any atom is 0.161 e. The van der Waals surface area contributed by atoms with Crippen LogP contribution in [-0.4, -0.2) is 19.3 Å². The molecule has 2 aromatic rings. The quantitative estimate of drug-likeness (QED) is 0.906. The number of methoxy groups -OCH3 is 2. The van der Waals surface area contributed by atoms with Crippen molar-refractivity contribution in [1.29, 1.82) is 0 Å². The highest BCUT2D eigenvalue weighted by molar-refractivity contribution is 7.07. The summed E-state index contributed by atoms with van der Waals surface area (Å²) in [5, 5.41) is 14.1. The van der Waals surface area contributed by atoms with Crippen LogP contribution in [-0.2, 0) is 0 Å². The van der Waals surface area contributed by atoms with Crippen LogP contribution in [0.4, 0.5) is 0 Å². The van der Waals surface area contributed by atoms with Gasteiger partial charge in [0.25, 0.3) is 0 Å². The Morgan fingerprint density at radius 2 is 1.82 bits per heavy atom. The topological polar surface area (TPSA) is 38.7 Å². The SMILES string of the molecule is COc1ccc([C@H](O)c2ccsc2)cc1OC. The average molecular weight is 250 g/mol. The molecule has 3 nitrogen and oxygen atoms in total. The van der Waals surface area contributed by atoms with Gasteiger partial charge in [0.15, 0.2) is 11.5 Å². The van der Waals surface area contributed by atoms with Crippen molar-refractivity contribution in [2.45, 2.75) is 6.10 Å². The number of ether oxygens (including phenoxy) is 2. The van der Waals surface area contributed by atoms with Crippen LogP contribution in [0.15, 0.2) is 35.0 Å². The molecule has 4 heteroatoms. The summed E-state index contributed by atoms with van der Waals surface area (Å²) in [6, 6.07) is 7.33. The van der Waals surface area contributed by atoms with E-state index in [4.69, 9.17) is 9.47 Å². The molecule has 0 aliphatic rings. The predicted molar refractivity (Wildman–Crippen MR) is 67.9 cm³/mol. The number of rotatable bonds is 4. The fourth-order valence-electron chi connectivity index (χ4n) is 1.65. The first-order valence-electron chi connectivity index (χ1n) is 5.18. The molecule has 0 fully saturated rings. The molecular weight excluding hydrogens is 236 g/mol. The summed E-state index contributed by atoms with van der Waals surface area (Å²) < 4.78 is 10.4. The summed E-state index contributed by atoms with van der Waals surface area (Å²) in [6.45, 7) is 0. The fraction of sp³-hybridized carbons (Fsp3) is 0.231. The van der Waals surface area contributed by atoms with E-state index in [0.29, 0.717) is 11.5 Å². The minimum absolute atomic E-state index is 0.624. The Morgan fingerprint density at radius 3 is 2.41 bits per heavy atom. The lowest BCUT2D eigenvalue weighted by Gasteiger charge is -2.13. The number of aliphatic hydroxyl groups is 1. The van der Waals surface area contributed by atoms with Crippen molar-refractivity contribution < 1.29 is 14.6 Å². The second-order valence-corrected chi connectivity index (χ2v) is 4.35. The lowest BCUT2D eigenvalue weighted by Crippen LogP contribution is -1.99. The third-order valence-electron chi connectivity index (χ3n) is 2.58. The van der Waals surface area contributed by atoms with E-state index in [-0.39, 0.29) is 0 Å². The Bertz CT molecular complexity index is 479. The fourth-order valence-corrected chi connectivity index (χ4v) is 2.32. The van der Waals surface area contributed by atoms with Gasteiger partial charge < -0.3 is 14.6 Å². The summed E-state index contributed by atoms with van der Waals surface area (Å²) >= 11 is 1.56. The molecule has 2 rings (SSSR count). The second-order valence-electron chi connectivity index (χ2n) is 3.57. The van der Waals surface area contributed by atoms with E-state index in [1.807, 2.05) is 22.9 Å². The summed E-state index contributed by atoms with van der Waals surface area (Å²) in [7, 11) is 3.17. The third kappa shape index (κ3) is 2.43. The van der Waals surface area contributed by atoms with Gasteiger partial charge in [-0.25, -0.2) is 0 Å². The monoisotopic (exact) mass is 250 g/mol. The van der Waals surface area contributed by atoms with Gasteiger partial charge in [-0.05, 0) is 40.1 Å². The number of benzene rings is 1. The zero-order chi connectivity index (χ0) is 12.3. The molecule has 90 valence electrons. The van der Waals surface area contributed by atoms with Gasteiger partial charge in [-0.15, -0.1) is 0 Å². The van der Waals surface area contributed by atoms with Gasteiger partial charge in [-0.2, -0.15) is 11.3 Å². The van der Waals surface area contributed by atoms with Gasteiger partial charge in [0, 0.05) is 0 Å². The zero-order valence-electron chi connectivity index (χ0n) is 9.71. The average Bonchev–Trinajstić information content (AvgIpc) is 2.90. The Kier molecular flexibility index (Phi) is 3.66. The van der Waals surface area contributed by atoms with Crippen molar-refractivity contribution in [3.63, 3.8) is 0 Å². The molecule has 1 N–H and O–H groups in total. The van der Waals surface area contributed by atoms with Crippen LogP contribution in [0.2, 0.25) is 0 Å². The van der Waals surface area contributed by atoms with Crippen molar-refractivity contribution in [2.24, 2.45) is 0 Å². The van der Waals surface area contributed by atoms with Crippen molar-refractivity contribution in [3.05, 3.63) is 46.2 Å². The zero-order valence-corrected chi connectivity index (χ0v) is 10.5. The molecule has 0 radical (unpaired) electrons. The Labute approximate surface area is 104 Å². The normalized spacial score (nSPS) is 12.2. The smallest absolute Gasteiger partial charge is 0.161 e. The number of thiophene rings is 1. The van der Waals surface area contributed by atoms with E-state index < -0.39 is 6.10 Å². The van der Waals surface area contributed by atoms with Crippen LogP contribution in [0.25, 0.3) is 0 Å². The first kappa shape index (κ1) is 12.0. The minimum Gasteiger partial charge on any atom is -0.493 e. The van der Waals surface area contributed by atoms with Crippen molar-refractivity contribution in [3.8, 4) is 11.5 Å². The minimum atomic E-state index is -0.624. The molecule has 0 saturated heterocycles. The van der Waals surface area contributed by atoms with Crippen LogP contribution in [0.5, 0.6) is 11.5 Å². The van der Waals surface area contributed by atoms with Crippen LogP contribution in [0, 0.1) is 0 Å². The molecule has 0 saturated carbocycles. The second kappa shape index (κ2) is 5.21. The Morgan fingerprint density at radius 1 is 1.06 bits per heavy atom. The number of hydrogen-bond donors (Lipinski definition) is 1. The highest BCUT2D eigenvalue weighted by Gasteiger charge is 2.13. The first-order chi connectivity index (χ1) is 8.26. The largest absolute Gasteiger partial charge is 0.493 e. The molecule has 0 bridgehead atoms. The van der Waals surface area contributed by atoms with Crippen molar-refractivity contribution in [2.75, 3.05) is 14.2 Å². The summed E-state index contributed by atoms with van der Waals surface area (Å²) in [4.78, 5) is 0. The molecule has 1 aromatic heterocycles. The number of aliphatic hydroxyl groups excluding tert-OH is 1. The lowest BCUT2D eigenvalue weighted by molar-refractivity contribution is 0.220. The van der Waals surface area contributed by atoms with E-state index in [1.165, 1.54) is 0 Å². The van der Waals surface area contributed by atoms with E-state index in [1.54, 1.807) is 37.7 Å². The van der Waals surface area contributed by atoms with E-state index in [0.717, 1.165) is 11.1 Å². The first-order valence-corrected chi connectivity index (χ1v) is 6.12. The van der Waals surface area contributed by atoms with Gasteiger partial charge in [0.1, 0.15) is 6.10 Å². The maximum atomic E-state index is 10.2. The van der Waals surface area contributed by atoms with Gasteiger partial charge >= 0.3 is 0 Å². The van der Waals surface area contributed by atoms with Crippen LogP contribution >= 0.6 is 11.3 Å². The van der Waals surface area contributed by atoms with E-state index >= 15 is 0 Å². The molecule has 1 atom stereocenters. The summed E-state index contributed by atoms with van der Waals surface area (Å²) in [5.41, 5.74) is 1.68. The molecule has 0 spiro atoms. The molecular formula is C13H14O3S. The number of hydrogen-bond acceptors (Lipinski definition) is 4. The Hall–Kier alpha value is -1.52. The van der Waals surface area contributed by atoms with Gasteiger partial charge in [0.05, 0.1) is 14.2 Å². The molecule has 0 aliphatic carbocycles. The Balaban J connectivity index is 2.33. The van der Waals surface area contributed by atoms with Crippen molar-refractivity contribution in [1.82, 2.24) is 0 Å². The summed E-state index contributed by atoms with van der Waals surface area (Å²) in [6.07, 6.45) is -0.624. The molecule has 17 heavy (non-hydrogen) atoms. The van der Waals surface area contributed by atoms with Crippen molar-refractivity contribution >= 4 is 11.3 Å². The highest BCUT2D eigenvalue weighted by Crippen LogP contribution is 2.32. The lowest BCUT2D eigenvalue weighted by atomic mass is 10.0. The molecule has 0 aliphatic heterocycles. The predicted octanol–water partition coefficient (Wildman–Crippen LogP) is 2.85. The van der Waals surface area contributed by atoms with E-state index in [2.05, 4.69) is 0 Å². The molecule has 0 amide bonds.